The molecule has 1 heterocycles. The fourth-order valence-corrected chi connectivity index (χ4v) is 4.02. The number of unbranched alkanes of at least 4 members (excludes halogenated alkanes) is 4. The smallest absolute Gasteiger partial charge is 0.323 e. The van der Waals surface area contributed by atoms with E-state index < -0.39 is 0 Å². The zero-order chi connectivity index (χ0) is 22.8. The molecule has 2 N–H and O–H groups in total. The van der Waals surface area contributed by atoms with E-state index in [-0.39, 0.29) is 6.03 Å². The minimum Gasteiger partial charge on any atom is -0.368 e. The Balaban J connectivity index is 1.41. The van der Waals surface area contributed by atoms with Crippen molar-refractivity contribution < 1.29 is 9.59 Å². The standard InChI is InChI=1S/C26H36N4O2/c1-3-4-5-6-7-11-25(31)30-18-16-29(17-19-30)24-14-12-22(13-15-24)27-26(32)28-23-10-8-9-21(2)20-23/h8-10,12-15,20H,3-7,11,16-19H2,1-2H3,(H2,27,28,32). The molecular weight excluding hydrogens is 400 g/mol. The largest absolute Gasteiger partial charge is 0.368 e. The van der Waals surface area contributed by atoms with Crippen molar-refractivity contribution in [3.05, 3.63) is 54.1 Å². The van der Waals surface area contributed by atoms with Gasteiger partial charge >= 0.3 is 6.03 Å². The molecule has 1 fully saturated rings. The van der Waals surface area contributed by atoms with Crippen LogP contribution in [-0.4, -0.2) is 43.0 Å². The fourth-order valence-electron chi connectivity index (χ4n) is 4.02. The highest BCUT2D eigenvalue weighted by Crippen LogP contribution is 2.20. The third-order valence-electron chi connectivity index (χ3n) is 5.89. The lowest BCUT2D eigenvalue weighted by molar-refractivity contribution is -0.131. The molecule has 0 atom stereocenters. The first-order chi connectivity index (χ1) is 15.5. The molecule has 6 heteroatoms. The number of anilines is 3. The number of aryl methyl sites for hydroxylation is 1. The summed E-state index contributed by atoms with van der Waals surface area (Å²) in [5, 5.41) is 5.72. The maximum atomic E-state index is 12.4. The maximum Gasteiger partial charge on any atom is 0.323 e. The fraction of sp³-hybridized carbons (Fsp3) is 0.462. The first-order valence-electron chi connectivity index (χ1n) is 11.8. The number of nitrogens with zero attached hydrogens (tertiary/aromatic N) is 2. The van der Waals surface area contributed by atoms with Gasteiger partial charge in [-0.2, -0.15) is 0 Å². The lowest BCUT2D eigenvalue weighted by Gasteiger charge is -2.36. The van der Waals surface area contributed by atoms with Crippen molar-refractivity contribution >= 4 is 29.0 Å². The second kappa shape index (κ2) is 12.1. The van der Waals surface area contributed by atoms with Gasteiger partial charge in [0.05, 0.1) is 0 Å². The Morgan fingerprint density at radius 3 is 2.22 bits per heavy atom. The average molecular weight is 437 g/mol. The van der Waals surface area contributed by atoms with Crippen molar-refractivity contribution in [3.63, 3.8) is 0 Å². The molecule has 3 amide bonds. The number of hydrogen-bond acceptors (Lipinski definition) is 3. The maximum absolute atomic E-state index is 12.4. The van der Waals surface area contributed by atoms with Crippen molar-refractivity contribution in [2.24, 2.45) is 0 Å². The lowest BCUT2D eigenvalue weighted by atomic mass is 10.1. The Labute approximate surface area is 192 Å². The summed E-state index contributed by atoms with van der Waals surface area (Å²) in [5.41, 5.74) is 3.73. The summed E-state index contributed by atoms with van der Waals surface area (Å²) >= 11 is 0. The van der Waals surface area contributed by atoms with Gasteiger partial charge in [0.25, 0.3) is 0 Å². The molecular formula is C26H36N4O2. The number of urea groups is 1. The molecule has 0 unspecified atom stereocenters. The van der Waals surface area contributed by atoms with Crippen LogP contribution in [-0.2, 0) is 4.79 Å². The summed E-state index contributed by atoms with van der Waals surface area (Å²) in [5.74, 6) is 0.292. The Hall–Kier alpha value is -3.02. The number of amides is 3. The van der Waals surface area contributed by atoms with E-state index in [0.29, 0.717) is 12.3 Å². The second-order valence-corrected chi connectivity index (χ2v) is 8.53. The number of nitrogens with one attached hydrogen (secondary N) is 2. The van der Waals surface area contributed by atoms with Gasteiger partial charge in [-0.15, -0.1) is 0 Å². The Morgan fingerprint density at radius 2 is 1.53 bits per heavy atom. The van der Waals surface area contributed by atoms with Crippen molar-refractivity contribution in [2.45, 2.75) is 52.4 Å². The Bertz CT molecular complexity index is 874. The number of benzene rings is 2. The van der Waals surface area contributed by atoms with E-state index in [1.807, 2.05) is 60.4 Å². The van der Waals surface area contributed by atoms with Gasteiger partial charge in [-0.1, -0.05) is 44.7 Å². The van der Waals surface area contributed by atoms with Gasteiger partial charge in [-0.25, -0.2) is 4.79 Å². The van der Waals surface area contributed by atoms with E-state index >= 15 is 0 Å². The molecule has 0 radical (unpaired) electrons. The molecule has 2 aromatic rings. The molecule has 1 aliphatic rings. The summed E-state index contributed by atoms with van der Waals surface area (Å²) in [4.78, 5) is 29.0. The summed E-state index contributed by atoms with van der Waals surface area (Å²) in [6.07, 6.45) is 6.56. The lowest BCUT2D eigenvalue weighted by Crippen LogP contribution is -2.48. The van der Waals surface area contributed by atoms with Crippen molar-refractivity contribution in [1.29, 1.82) is 0 Å². The van der Waals surface area contributed by atoms with Crippen LogP contribution in [0.5, 0.6) is 0 Å². The molecule has 2 aromatic carbocycles. The highest BCUT2D eigenvalue weighted by molar-refractivity contribution is 5.99. The molecule has 32 heavy (non-hydrogen) atoms. The van der Waals surface area contributed by atoms with E-state index in [9.17, 15) is 9.59 Å². The highest BCUT2D eigenvalue weighted by atomic mass is 16.2. The molecule has 172 valence electrons. The number of piperazine rings is 1. The number of carbonyl (C=O) groups excluding carboxylic acids is 2. The molecule has 3 rings (SSSR count). The second-order valence-electron chi connectivity index (χ2n) is 8.53. The topological polar surface area (TPSA) is 64.7 Å². The third-order valence-corrected chi connectivity index (χ3v) is 5.89. The van der Waals surface area contributed by atoms with E-state index in [2.05, 4.69) is 22.5 Å². The zero-order valence-corrected chi connectivity index (χ0v) is 19.4. The van der Waals surface area contributed by atoms with Gasteiger partial charge < -0.3 is 20.4 Å². The molecule has 1 aliphatic heterocycles. The normalized spacial score (nSPS) is 13.7. The quantitative estimate of drug-likeness (QED) is 0.499. The Morgan fingerprint density at radius 1 is 0.844 bits per heavy atom. The molecule has 0 saturated carbocycles. The van der Waals surface area contributed by atoms with Gasteiger partial charge in [-0.05, 0) is 55.3 Å². The van der Waals surface area contributed by atoms with Crippen molar-refractivity contribution in [2.75, 3.05) is 41.7 Å². The Kier molecular flexibility index (Phi) is 8.96. The number of rotatable bonds is 9. The summed E-state index contributed by atoms with van der Waals surface area (Å²) < 4.78 is 0. The minimum atomic E-state index is -0.259. The highest BCUT2D eigenvalue weighted by Gasteiger charge is 2.20. The first kappa shape index (κ1) is 23.6. The van der Waals surface area contributed by atoms with Gasteiger partial charge in [-0.3, -0.25) is 4.79 Å². The van der Waals surface area contributed by atoms with Gasteiger partial charge in [0.1, 0.15) is 0 Å². The molecule has 1 saturated heterocycles. The summed E-state index contributed by atoms with van der Waals surface area (Å²) in [6, 6.07) is 15.3. The predicted molar refractivity (Wildman–Crippen MR) is 132 cm³/mol. The van der Waals surface area contributed by atoms with E-state index in [4.69, 9.17) is 0 Å². The molecule has 0 spiro atoms. The molecule has 6 nitrogen and oxygen atoms in total. The van der Waals surface area contributed by atoms with Crippen LogP contribution < -0.4 is 15.5 Å². The SMILES string of the molecule is CCCCCCCC(=O)N1CCN(c2ccc(NC(=O)Nc3cccc(C)c3)cc2)CC1. The van der Waals surface area contributed by atoms with Gasteiger partial charge in [0, 0.05) is 49.7 Å². The van der Waals surface area contributed by atoms with E-state index in [0.717, 1.165) is 61.6 Å². The molecule has 0 aromatic heterocycles. The van der Waals surface area contributed by atoms with Crippen LogP contribution in [0, 0.1) is 6.92 Å². The van der Waals surface area contributed by atoms with Crippen LogP contribution in [0.4, 0.5) is 21.9 Å². The van der Waals surface area contributed by atoms with Crippen LogP contribution in [0.15, 0.2) is 48.5 Å². The van der Waals surface area contributed by atoms with E-state index in [1.165, 1.54) is 19.3 Å². The molecule has 0 aliphatic carbocycles. The van der Waals surface area contributed by atoms with E-state index in [1.54, 1.807) is 0 Å². The monoisotopic (exact) mass is 436 g/mol. The van der Waals surface area contributed by atoms with Gasteiger partial charge in [0.15, 0.2) is 0 Å². The van der Waals surface area contributed by atoms with Crippen LogP contribution >= 0.6 is 0 Å². The first-order valence-corrected chi connectivity index (χ1v) is 11.8. The number of hydrogen-bond donors (Lipinski definition) is 2. The van der Waals surface area contributed by atoms with Crippen molar-refractivity contribution in [1.82, 2.24) is 4.90 Å². The van der Waals surface area contributed by atoms with Crippen molar-refractivity contribution in [3.8, 4) is 0 Å². The van der Waals surface area contributed by atoms with Crippen LogP contribution in [0.25, 0.3) is 0 Å². The predicted octanol–water partition coefficient (Wildman–Crippen LogP) is 5.65. The summed E-state index contributed by atoms with van der Waals surface area (Å²) in [7, 11) is 0. The molecule has 0 bridgehead atoms. The van der Waals surface area contributed by atoms with Crippen LogP contribution in [0.3, 0.4) is 0 Å². The zero-order valence-electron chi connectivity index (χ0n) is 19.4. The number of carbonyl (C=O) groups is 2. The minimum absolute atomic E-state index is 0.259. The van der Waals surface area contributed by atoms with Crippen LogP contribution in [0.2, 0.25) is 0 Å². The third kappa shape index (κ3) is 7.29. The van der Waals surface area contributed by atoms with Gasteiger partial charge in [0.2, 0.25) is 5.91 Å². The van der Waals surface area contributed by atoms with Crippen LogP contribution in [0.1, 0.15) is 51.0 Å². The summed E-state index contributed by atoms with van der Waals surface area (Å²) in [6.45, 7) is 7.41. The average Bonchev–Trinajstić information content (AvgIpc) is 2.79.